The van der Waals surface area contributed by atoms with E-state index in [-0.39, 0.29) is 0 Å². The van der Waals surface area contributed by atoms with Gasteiger partial charge in [-0.25, -0.2) is 0 Å². The molecule has 0 atom stereocenters. The van der Waals surface area contributed by atoms with Crippen LogP contribution in [0.5, 0.6) is 11.5 Å². The Morgan fingerprint density at radius 2 is 1.74 bits per heavy atom. The number of ether oxygens (including phenoxy) is 1. The largest absolute Gasteiger partial charge is 0.457 e. The zero-order valence-electron chi connectivity index (χ0n) is 16.1. The molecule has 3 rings (SSSR count). The van der Waals surface area contributed by atoms with Gasteiger partial charge in [-0.1, -0.05) is 23.2 Å². The molecule has 146 valence electrons. The van der Waals surface area contributed by atoms with Gasteiger partial charge in [0.25, 0.3) is 0 Å². The molecule has 6 heteroatoms. The van der Waals surface area contributed by atoms with Gasteiger partial charge in [0.2, 0.25) is 0 Å². The first-order valence-corrected chi connectivity index (χ1v) is 10.1. The lowest BCUT2D eigenvalue weighted by Crippen LogP contribution is -2.48. The van der Waals surface area contributed by atoms with Crippen LogP contribution in [0.3, 0.4) is 0 Å². The number of benzene rings is 2. The van der Waals surface area contributed by atoms with Crippen LogP contribution in [0.2, 0.25) is 10.0 Å². The van der Waals surface area contributed by atoms with Crippen LogP contribution in [0.15, 0.2) is 36.4 Å². The zero-order chi connectivity index (χ0) is 19.4. The Bertz CT molecular complexity index is 774. The average Bonchev–Trinajstić information content (AvgIpc) is 2.66. The average molecular weight is 408 g/mol. The van der Waals surface area contributed by atoms with Crippen molar-refractivity contribution in [1.29, 1.82) is 0 Å². The van der Waals surface area contributed by atoms with Crippen molar-refractivity contribution >= 4 is 28.9 Å². The molecule has 0 aromatic heterocycles. The Morgan fingerprint density at radius 1 is 1.00 bits per heavy atom. The minimum absolute atomic E-state index is 0.490. The molecule has 0 bridgehead atoms. The molecule has 0 radical (unpaired) electrons. The summed E-state index contributed by atoms with van der Waals surface area (Å²) in [5.41, 5.74) is 2.36. The lowest BCUT2D eigenvalue weighted by atomic mass is 10.1. The lowest BCUT2D eigenvalue weighted by Gasteiger charge is -2.38. The predicted octanol–water partition coefficient (Wildman–Crippen LogP) is 5.04. The maximum Gasteiger partial charge on any atom is 0.132 e. The third-order valence-corrected chi connectivity index (χ3v) is 5.68. The number of hydrogen-bond acceptors (Lipinski definition) is 4. The van der Waals surface area contributed by atoms with Gasteiger partial charge in [-0.05, 0) is 51.2 Å². The fourth-order valence-electron chi connectivity index (χ4n) is 3.35. The fraction of sp³-hybridized carbons (Fsp3) is 0.429. The standard InChI is InChI=1S/C21H27Cl2N3O/c1-15(2)25-8-10-26(11-9-25)17-4-7-21(16(12-17)14-24-3)27-18-5-6-19(22)20(23)13-18/h4-7,12-13,15,24H,8-11,14H2,1-3H3. The molecule has 0 aliphatic carbocycles. The predicted molar refractivity (Wildman–Crippen MR) is 115 cm³/mol. The molecular formula is C21H27Cl2N3O. The fourth-order valence-corrected chi connectivity index (χ4v) is 3.64. The van der Waals surface area contributed by atoms with Gasteiger partial charge in [0.1, 0.15) is 11.5 Å². The molecule has 1 N–H and O–H groups in total. The lowest BCUT2D eigenvalue weighted by molar-refractivity contribution is 0.209. The summed E-state index contributed by atoms with van der Waals surface area (Å²) in [7, 11) is 1.94. The van der Waals surface area contributed by atoms with Gasteiger partial charge < -0.3 is 15.0 Å². The second kappa shape index (κ2) is 9.16. The second-order valence-electron chi connectivity index (χ2n) is 7.12. The molecule has 4 nitrogen and oxygen atoms in total. The van der Waals surface area contributed by atoms with E-state index in [4.69, 9.17) is 27.9 Å². The summed E-state index contributed by atoms with van der Waals surface area (Å²) in [6.07, 6.45) is 0. The minimum atomic E-state index is 0.490. The summed E-state index contributed by atoms with van der Waals surface area (Å²) in [4.78, 5) is 4.97. The Hall–Kier alpha value is -1.46. The Labute approximate surface area is 172 Å². The summed E-state index contributed by atoms with van der Waals surface area (Å²) in [6.45, 7) is 9.54. The van der Waals surface area contributed by atoms with Crippen LogP contribution in [-0.4, -0.2) is 44.2 Å². The van der Waals surface area contributed by atoms with Crippen LogP contribution in [0.25, 0.3) is 0 Å². The number of anilines is 1. The highest BCUT2D eigenvalue weighted by Gasteiger charge is 2.20. The molecule has 0 spiro atoms. The van der Waals surface area contributed by atoms with Crippen LogP contribution in [0, 0.1) is 0 Å². The van der Waals surface area contributed by atoms with E-state index in [1.807, 2.05) is 19.2 Å². The molecular weight excluding hydrogens is 381 g/mol. The smallest absolute Gasteiger partial charge is 0.132 e. The monoisotopic (exact) mass is 407 g/mol. The van der Waals surface area contributed by atoms with E-state index in [1.165, 1.54) is 5.69 Å². The van der Waals surface area contributed by atoms with Crippen LogP contribution in [-0.2, 0) is 6.54 Å². The molecule has 1 aliphatic heterocycles. The molecule has 1 aliphatic rings. The van der Waals surface area contributed by atoms with Crippen molar-refractivity contribution < 1.29 is 4.74 Å². The van der Waals surface area contributed by atoms with Crippen molar-refractivity contribution in [1.82, 2.24) is 10.2 Å². The molecule has 0 unspecified atom stereocenters. The molecule has 0 amide bonds. The normalized spacial score (nSPS) is 15.4. The topological polar surface area (TPSA) is 27.7 Å². The molecule has 1 saturated heterocycles. The van der Waals surface area contributed by atoms with Crippen molar-refractivity contribution in [2.45, 2.75) is 26.4 Å². The van der Waals surface area contributed by atoms with Gasteiger partial charge in [0.15, 0.2) is 0 Å². The van der Waals surface area contributed by atoms with Gasteiger partial charge in [-0.2, -0.15) is 0 Å². The summed E-state index contributed by atoms with van der Waals surface area (Å²) in [5.74, 6) is 1.51. The van der Waals surface area contributed by atoms with E-state index in [0.717, 1.165) is 44.0 Å². The van der Waals surface area contributed by atoms with E-state index in [2.05, 4.69) is 41.1 Å². The summed E-state index contributed by atoms with van der Waals surface area (Å²) >= 11 is 12.1. The van der Waals surface area contributed by atoms with Crippen LogP contribution >= 0.6 is 23.2 Å². The first kappa shape index (κ1) is 20.3. The first-order valence-electron chi connectivity index (χ1n) is 9.37. The van der Waals surface area contributed by atoms with Gasteiger partial charge >= 0.3 is 0 Å². The van der Waals surface area contributed by atoms with Crippen molar-refractivity contribution in [2.75, 3.05) is 38.1 Å². The van der Waals surface area contributed by atoms with E-state index in [9.17, 15) is 0 Å². The van der Waals surface area contributed by atoms with Gasteiger partial charge in [0.05, 0.1) is 10.0 Å². The van der Waals surface area contributed by atoms with Gasteiger partial charge in [-0.15, -0.1) is 0 Å². The van der Waals surface area contributed by atoms with Crippen molar-refractivity contribution in [3.63, 3.8) is 0 Å². The first-order chi connectivity index (χ1) is 13.0. The third-order valence-electron chi connectivity index (χ3n) is 4.94. The maximum absolute atomic E-state index is 6.11. The highest BCUT2D eigenvalue weighted by atomic mass is 35.5. The van der Waals surface area contributed by atoms with Crippen LogP contribution in [0.1, 0.15) is 19.4 Å². The maximum atomic E-state index is 6.11. The number of nitrogens with zero attached hydrogens (tertiary/aromatic N) is 2. The summed E-state index contributed by atoms with van der Waals surface area (Å²) in [6, 6.07) is 12.3. The second-order valence-corrected chi connectivity index (χ2v) is 7.93. The van der Waals surface area contributed by atoms with Gasteiger partial charge in [-0.3, -0.25) is 4.90 Å². The molecule has 1 heterocycles. The Morgan fingerprint density at radius 3 is 2.37 bits per heavy atom. The Kier molecular flexibility index (Phi) is 6.88. The molecule has 2 aromatic rings. The van der Waals surface area contributed by atoms with E-state index < -0.39 is 0 Å². The number of rotatable bonds is 6. The highest BCUT2D eigenvalue weighted by molar-refractivity contribution is 6.42. The van der Waals surface area contributed by atoms with Crippen molar-refractivity contribution in [2.24, 2.45) is 0 Å². The van der Waals surface area contributed by atoms with Crippen LogP contribution in [0.4, 0.5) is 5.69 Å². The quantitative estimate of drug-likeness (QED) is 0.725. The molecule has 2 aromatic carbocycles. The van der Waals surface area contributed by atoms with Crippen molar-refractivity contribution in [3.05, 3.63) is 52.0 Å². The number of halogens is 2. The number of hydrogen-bond donors (Lipinski definition) is 1. The minimum Gasteiger partial charge on any atom is -0.457 e. The summed E-state index contributed by atoms with van der Waals surface area (Å²) in [5, 5.41) is 4.24. The summed E-state index contributed by atoms with van der Waals surface area (Å²) < 4.78 is 6.08. The molecule has 0 saturated carbocycles. The Balaban J connectivity index is 1.77. The molecule has 1 fully saturated rings. The van der Waals surface area contributed by atoms with Crippen LogP contribution < -0.4 is 15.0 Å². The number of piperazine rings is 1. The molecule has 27 heavy (non-hydrogen) atoms. The van der Waals surface area contributed by atoms with Crippen molar-refractivity contribution in [3.8, 4) is 11.5 Å². The van der Waals surface area contributed by atoms with E-state index >= 15 is 0 Å². The van der Waals surface area contributed by atoms with E-state index in [1.54, 1.807) is 12.1 Å². The number of nitrogens with one attached hydrogen (secondary N) is 1. The zero-order valence-corrected chi connectivity index (χ0v) is 17.6. The highest BCUT2D eigenvalue weighted by Crippen LogP contribution is 2.33. The SMILES string of the molecule is CNCc1cc(N2CCN(C(C)C)CC2)ccc1Oc1ccc(Cl)c(Cl)c1. The third kappa shape index (κ3) is 5.08. The van der Waals surface area contributed by atoms with Gasteiger partial charge in [0, 0.05) is 56.1 Å². The van der Waals surface area contributed by atoms with E-state index in [0.29, 0.717) is 21.8 Å².